The first-order chi connectivity index (χ1) is 9.49. The van der Waals surface area contributed by atoms with Crippen molar-refractivity contribution in [1.29, 1.82) is 0 Å². The highest BCUT2D eigenvalue weighted by Crippen LogP contribution is 2.20. The predicted molar refractivity (Wildman–Crippen MR) is 77.0 cm³/mol. The van der Waals surface area contributed by atoms with Crippen LogP contribution in [0.15, 0.2) is 18.2 Å². The van der Waals surface area contributed by atoms with E-state index in [1.54, 1.807) is 11.0 Å². The van der Waals surface area contributed by atoms with Gasteiger partial charge in [0.15, 0.2) is 0 Å². The minimum Gasteiger partial charge on any atom is -0.508 e. The maximum atomic E-state index is 13.6. The highest BCUT2D eigenvalue weighted by Gasteiger charge is 2.13. The predicted octanol–water partition coefficient (Wildman–Crippen LogP) is 2.44. The molecule has 1 aromatic carbocycles. The molecule has 112 valence electrons. The monoisotopic (exact) mass is 282 g/mol. The number of hydrogen-bond donors (Lipinski definition) is 2. The number of nitrogens with zero attached hydrogens (tertiary/aromatic N) is 1. The second-order valence-electron chi connectivity index (χ2n) is 4.70. The second kappa shape index (κ2) is 7.85. The summed E-state index contributed by atoms with van der Waals surface area (Å²) in [4.78, 5) is 13.6. The van der Waals surface area contributed by atoms with E-state index in [1.807, 2.05) is 20.8 Å². The van der Waals surface area contributed by atoms with Gasteiger partial charge >= 0.3 is 0 Å². The molecule has 0 aliphatic rings. The standard InChI is InChI=1S/C15H23FN2O2/c1-4-18(5-2)15(20)8-9-17-11(3)13-7-6-12(19)10-14(13)16/h6-7,10-11,17,19H,4-5,8-9H2,1-3H3. The molecule has 0 aromatic heterocycles. The maximum absolute atomic E-state index is 13.6. The van der Waals surface area contributed by atoms with E-state index in [0.717, 1.165) is 6.07 Å². The smallest absolute Gasteiger partial charge is 0.223 e. The van der Waals surface area contributed by atoms with Crippen molar-refractivity contribution in [2.45, 2.75) is 33.2 Å². The van der Waals surface area contributed by atoms with Crippen LogP contribution in [-0.2, 0) is 4.79 Å². The average Bonchev–Trinajstić information content (AvgIpc) is 2.39. The summed E-state index contributed by atoms with van der Waals surface area (Å²) >= 11 is 0. The molecule has 0 spiro atoms. The van der Waals surface area contributed by atoms with E-state index < -0.39 is 5.82 Å². The zero-order valence-electron chi connectivity index (χ0n) is 12.3. The van der Waals surface area contributed by atoms with E-state index in [0.29, 0.717) is 31.6 Å². The summed E-state index contributed by atoms with van der Waals surface area (Å²) in [6, 6.07) is 3.89. The number of nitrogens with one attached hydrogen (secondary N) is 1. The van der Waals surface area contributed by atoms with Gasteiger partial charge in [0.25, 0.3) is 0 Å². The molecular weight excluding hydrogens is 259 g/mol. The molecule has 1 aromatic rings. The number of carbonyl (C=O) groups excluding carboxylic acids is 1. The minimum absolute atomic E-state index is 0.0878. The van der Waals surface area contributed by atoms with Crippen molar-refractivity contribution in [3.8, 4) is 5.75 Å². The highest BCUT2D eigenvalue weighted by atomic mass is 19.1. The summed E-state index contributed by atoms with van der Waals surface area (Å²) in [5.74, 6) is -0.434. The summed E-state index contributed by atoms with van der Waals surface area (Å²) in [6.07, 6.45) is 0.395. The molecule has 4 nitrogen and oxygen atoms in total. The van der Waals surface area contributed by atoms with Gasteiger partial charge in [-0.3, -0.25) is 4.79 Å². The second-order valence-corrected chi connectivity index (χ2v) is 4.70. The lowest BCUT2D eigenvalue weighted by atomic mass is 10.1. The van der Waals surface area contributed by atoms with Crippen LogP contribution in [-0.4, -0.2) is 35.5 Å². The largest absolute Gasteiger partial charge is 0.508 e. The zero-order valence-corrected chi connectivity index (χ0v) is 12.3. The third-order valence-corrected chi connectivity index (χ3v) is 3.36. The first-order valence-corrected chi connectivity index (χ1v) is 6.99. The number of rotatable bonds is 7. The third kappa shape index (κ3) is 4.49. The molecule has 0 heterocycles. The lowest BCUT2D eigenvalue weighted by Crippen LogP contribution is -2.33. The first kappa shape index (κ1) is 16.4. The molecule has 20 heavy (non-hydrogen) atoms. The van der Waals surface area contributed by atoms with Crippen LogP contribution in [0.4, 0.5) is 4.39 Å². The Labute approximate surface area is 119 Å². The van der Waals surface area contributed by atoms with Gasteiger partial charge in [0.1, 0.15) is 11.6 Å². The number of halogens is 1. The molecule has 0 fully saturated rings. The zero-order chi connectivity index (χ0) is 15.1. The quantitative estimate of drug-likeness (QED) is 0.807. The number of hydrogen-bond acceptors (Lipinski definition) is 3. The van der Waals surface area contributed by atoms with Gasteiger partial charge in [-0.25, -0.2) is 4.39 Å². The van der Waals surface area contributed by atoms with Crippen molar-refractivity contribution in [3.05, 3.63) is 29.6 Å². The van der Waals surface area contributed by atoms with Gasteiger partial charge in [0.2, 0.25) is 5.91 Å². The Balaban J connectivity index is 2.47. The molecule has 2 N–H and O–H groups in total. The molecular formula is C15H23FN2O2. The minimum atomic E-state index is -0.444. The molecule has 0 saturated carbocycles. The molecule has 0 aliphatic carbocycles. The van der Waals surface area contributed by atoms with E-state index in [2.05, 4.69) is 5.32 Å². The van der Waals surface area contributed by atoms with E-state index in [4.69, 9.17) is 0 Å². The molecule has 1 amide bonds. The lowest BCUT2D eigenvalue weighted by molar-refractivity contribution is -0.130. The van der Waals surface area contributed by atoms with Crippen molar-refractivity contribution < 1.29 is 14.3 Å². The average molecular weight is 282 g/mol. The molecule has 1 atom stereocenters. The van der Waals surface area contributed by atoms with Crippen LogP contribution in [0, 0.1) is 5.82 Å². The third-order valence-electron chi connectivity index (χ3n) is 3.36. The van der Waals surface area contributed by atoms with Crippen LogP contribution >= 0.6 is 0 Å². The van der Waals surface area contributed by atoms with Gasteiger partial charge in [0.05, 0.1) is 0 Å². The van der Waals surface area contributed by atoms with Gasteiger partial charge < -0.3 is 15.3 Å². The Hall–Kier alpha value is -1.62. The Morgan fingerprint density at radius 2 is 2.05 bits per heavy atom. The Bertz CT molecular complexity index is 447. The SMILES string of the molecule is CCN(CC)C(=O)CCNC(C)c1ccc(O)cc1F. The molecule has 0 bridgehead atoms. The van der Waals surface area contributed by atoms with Gasteiger partial charge in [-0.15, -0.1) is 0 Å². The van der Waals surface area contributed by atoms with Crippen molar-refractivity contribution in [2.24, 2.45) is 0 Å². The summed E-state index contributed by atoms with van der Waals surface area (Å²) in [5.41, 5.74) is 0.484. The molecule has 5 heteroatoms. The van der Waals surface area contributed by atoms with Crippen molar-refractivity contribution >= 4 is 5.91 Å². The van der Waals surface area contributed by atoms with Crippen molar-refractivity contribution in [1.82, 2.24) is 10.2 Å². The number of amides is 1. The van der Waals surface area contributed by atoms with E-state index in [-0.39, 0.29) is 17.7 Å². The van der Waals surface area contributed by atoms with Crippen LogP contribution < -0.4 is 5.32 Å². The topological polar surface area (TPSA) is 52.6 Å². The number of phenolic OH excluding ortho intramolecular Hbond substituents is 1. The fourth-order valence-electron chi connectivity index (χ4n) is 2.11. The number of carbonyl (C=O) groups is 1. The molecule has 0 radical (unpaired) electrons. The van der Waals surface area contributed by atoms with Crippen molar-refractivity contribution in [2.75, 3.05) is 19.6 Å². The maximum Gasteiger partial charge on any atom is 0.223 e. The number of aromatic hydroxyl groups is 1. The van der Waals surface area contributed by atoms with Crippen LogP contribution in [0.5, 0.6) is 5.75 Å². The van der Waals surface area contributed by atoms with Crippen LogP contribution in [0.2, 0.25) is 0 Å². The Kier molecular flexibility index (Phi) is 6.45. The van der Waals surface area contributed by atoms with Gasteiger partial charge in [-0.1, -0.05) is 6.07 Å². The van der Waals surface area contributed by atoms with Crippen LogP contribution in [0.3, 0.4) is 0 Å². The van der Waals surface area contributed by atoms with Gasteiger partial charge in [0, 0.05) is 43.7 Å². The van der Waals surface area contributed by atoms with E-state index >= 15 is 0 Å². The number of phenols is 1. The van der Waals surface area contributed by atoms with Crippen LogP contribution in [0.1, 0.15) is 38.8 Å². The molecule has 1 rings (SSSR count). The summed E-state index contributed by atoms with van der Waals surface area (Å²) in [5, 5.41) is 12.3. The fourth-order valence-corrected chi connectivity index (χ4v) is 2.11. The Morgan fingerprint density at radius 1 is 1.40 bits per heavy atom. The summed E-state index contributed by atoms with van der Waals surface area (Å²) in [7, 11) is 0. The highest BCUT2D eigenvalue weighted by molar-refractivity contribution is 5.76. The fraction of sp³-hybridized carbons (Fsp3) is 0.533. The first-order valence-electron chi connectivity index (χ1n) is 6.99. The van der Waals surface area contributed by atoms with Crippen LogP contribution in [0.25, 0.3) is 0 Å². The Morgan fingerprint density at radius 3 is 2.60 bits per heavy atom. The normalized spacial score (nSPS) is 12.2. The summed E-state index contributed by atoms with van der Waals surface area (Å²) < 4.78 is 13.6. The lowest BCUT2D eigenvalue weighted by Gasteiger charge is -2.20. The van der Waals surface area contributed by atoms with E-state index in [9.17, 15) is 14.3 Å². The van der Waals surface area contributed by atoms with Gasteiger partial charge in [-0.05, 0) is 26.8 Å². The van der Waals surface area contributed by atoms with Crippen molar-refractivity contribution in [3.63, 3.8) is 0 Å². The van der Waals surface area contributed by atoms with Gasteiger partial charge in [-0.2, -0.15) is 0 Å². The molecule has 0 aliphatic heterocycles. The summed E-state index contributed by atoms with van der Waals surface area (Å²) in [6.45, 7) is 7.63. The number of benzene rings is 1. The van der Waals surface area contributed by atoms with E-state index in [1.165, 1.54) is 6.07 Å². The molecule has 1 unspecified atom stereocenters. The molecule has 0 saturated heterocycles.